The molecule has 1 heterocycles. The molecule has 20 heavy (non-hydrogen) atoms. The Morgan fingerprint density at radius 1 is 1.50 bits per heavy atom. The molecule has 8 heteroatoms. The summed E-state index contributed by atoms with van der Waals surface area (Å²) in [6.07, 6.45) is 3.22. The first-order chi connectivity index (χ1) is 9.44. The minimum Gasteiger partial charge on any atom is -0.347 e. The molecule has 0 saturated heterocycles. The zero-order chi connectivity index (χ0) is 14.8. The van der Waals surface area contributed by atoms with E-state index in [4.69, 9.17) is 5.73 Å². The highest BCUT2D eigenvalue weighted by molar-refractivity contribution is 9.10. The van der Waals surface area contributed by atoms with Crippen molar-refractivity contribution in [2.75, 3.05) is 0 Å². The van der Waals surface area contributed by atoms with Crippen molar-refractivity contribution in [2.45, 2.75) is 24.4 Å². The smallest absolute Gasteiger partial charge is 0.242 e. The van der Waals surface area contributed by atoms with Crippen LogP contribution >= 0.6 is 15.9 Å². The Bertz CT molecular complexity index is 685. The highest BCUT2D eigenvalue weighted by Gasteiger charge is 2.22. The van der Waals surface area contributed by atoms with Gasteiger partial charge in [-0.05, 0) is 40.5 Å². The number of aromatic amines is 1. The molecule has 0 bridgehead atoms. The Labute approximate surface area is 126 Å². The molecule has 0 aliphatic carbocycles. The summed E-state index contributed by atoms with van der Waals surface area (Å²) in [7, 11) is -3.66. The quantitative estimate of drug-likeness (QED) is 0.756. The van der Waals surface area contributed by atoms with E-state index in [-0.39, 0.29) is 11.4 Å². The van der Waals surface area contributed by atoms with Gasteiger partial charge >= 0.3 is 0 Å². The van der Waals surface area contributed by atoms with Crippen LogP contribution in [-0.4, -0.2) is 18.4 Å². The summed E-state index contributed by atoms with van der Waals surface area (Å²) in [5, 5.41) is 0. The van der Waals surface area contributed by atoms with Crippen LogP contribution in [0.3, 0.4) is 0 Å². The molecule has 6 nitrogen and oxygen atoms in total. The molecular weight excluding hydrogens is 344 g/mol. The van der Waals surface area contributed by atoms with Crippen LogP contribution in [0.15, 0.2) is 40.0 Å². The normalized spacial score (nSPS) is 13.3. The maximum Gasteiger partial charge on any atom is 0.242 e. The Morgan fingerprint density at radius 3 is 2.85 bits per heavy atom. The van der Waals surface area contributed by atoms with Crippen LogP contribution in [0.2, 0.25) is 0 Å². The van der Waals surface area contributed by atoms with E-state index < -0.39 is 16.1 Å². The van der Waals surface area contributed by atoms with Crippen molar-refractivity contribution >= 4 is 26.0 Å². The van der Waals surface area contributed by atoms with Crippen LogP contribution in [0.1, 0.15) is 24.4 Å². The molecule has 4 N–H and O–H groups in total. The lowest BCUT2D eigenvalue weighted by atomic mass is 10.2. The molecule has 0 aliphatic rings. The first-order valence-electron chi connectivity index (χ1n) is 5.94. The predicted octanol–water partition coefficient (Wildman–Crippen LogP) is 1.67. The highest BCUT2D eigenvalue weighted by Crippen LogP contribution is 2.24. The Kier molecular flexibility index (Phi) is 4.59. The molecule has 0 saturated carbocycles. The van der Waals surface area contributed by atoms with Crippen LogP contribution in [-0.2, 0) is 16.6 Å². The molecule has 0 aliphatic heterocycles. The number of nitrogens with zero attached hydrogens (tertiary/aromatic N) is 1. The lowest BCUT2D eigenvalue weighted by molar-refractivity contribution is 0.560. The Hall–Kier alpha value is -1.22. The third-order valence-electron chi connectivity index (χ3n) is 2.78. The van der Waals surface area contributed by atoms with Gasteiger partial charge in [0.15, 0.2) is 0 Å². The van der Waals surface area contributed by atoms with Gasteiger partial charge in [-0.2, -0.15) is 0 Å². The molecular formula is C12H15BrN4O2S. The van der Waals surface area contributed by atoms with Gasteiger partial charge in [-0.25, -0.2) is 18.1 Å². The third kappa shape index (κ3) is 3.26. The first-order valence-corrected chi connectivity index (χ1v) is 8.22. The van der Waals surface area contributed by atoms with E-state index in [1.165, 1.54) is 0 Å². The van der Waals surface area contributed by atoms with Gasteiger partial charge in [-0.1, -0.05) is 6.07 Å². The summed E-state index contributed by atoms with van der Waals surface area (Å²) < 4.78 is 27.9. The van der Waals surface area contributed by atoms with E-state index in [2.05, 4.69) is 30.6 Å². The summed E-state index contributed by atoms with van der Waals surface area (Å²) in [4.78, 5) is 7.08. The fourth-order valence-electron chi connectivity index (χ4n) is 1.75. The van der Waals surface area contributed by atoms with Gasteiger partial charge in [-0.3, -0.25) is 0 Å². The number of rotatable bonds is 5. The van der Waals surface area contributed by atoms with Crippen LogP contribution in [0, 0.1) is 0 Å². The molecule has 0 fully saturated rings. The summed E-state index contributed by atoms with van der Waals surface area (Å²) in [5.74, 6) is 0.555. The van der Waals surface area contributed by atoms with Crippen LogP contribution in [0.5, 0.6) is 0 Å². The zero-order valence-electron chi connectivity index (χ0n) is 10.8. The number of sulfonamides is 1. The molecule has 2 aromatic rings. The predicted molar refractivity (Wildman–Crippen MR) is 79.4 cm³/mol. The Balaban J connectivity index is 2.31. The lowest BCUT2D eigenvalue weighted by Gasteiger charge is -2.14. The minimum absolute atomic E-state index is 0.166. The van der Waals surface area contributed by atoms with Crippen molar-refractivity contribution in [2.24, 2.45) is 5.73 Å². The monoisotopic (exact) mass is 358 g/mol. The summed E-state index contributed by atoms with van der Waals surface area (Å²) in [5.41, 5.74) is 6.29. The standard InChI is InChI=1S/C12H15BrN4O2S/c1-8(12-15-4-5-16-12)17-20(18,19)11-6-9(7-14)2-3-10(11)13/h2-6,8,17H,7,14H2,1H3,(H,15,16). The van der Waals surface area contributed by atoms with Gasteiger partial charge in [0, 0.05) is 23.4 Å². The number of imidazole rings is 1. The molecule has 1 aromatic heterocycles. The average molecular weight is 359 g/mol. The van der Waals surface area contributed by atoms with Gasteiger partial charge in [0.1, 0.15) is 5.82 Å². The van der Waals surface area contributed by atoms with Crippen molar-refractivity contribution in [3.63, 3.8) is 0 Å². The summed E-state index contributed by atoms with van der Waals surface area (Å²) in [6.45, 7) is 2.00. The molecule has 0 spiro atoms. The number of hydrogen-bond acceptors (Lipinski definition) is 4. The topological polar surface area (TPSA) is 101 Å². The molecule has 1 aromatic carbocycles. The number of nitrogens with two attached hydrogens (primary N) is 1. The van der Waals surface area contributed by atoms with Crippen molar-refractivity contribution in [1.29, 1.82) is 0 Å². The zero-order valence-corrected chi connectivity index (χ0v) is 13.2. The molecule has 0 amide bonds. The van der Waals surface area contributed by atoms with Crippen molar-refractivity contribution in [3.05, 3.63) is 46.5 Å². The van der Waals surface area contributed by atoms with E-state index in [1.54, 1.807) is 37.5 Å². The molecule has 1 unspecified atom stereocenters. The Morgan fingerprint density at radius 2 is 2.25 bits per heavy atom. The van der Waals surface area contributed by atoms with Gasteiger partial charge in [0.25, 0.3) is 0 Å². The number of nitrogens with one attached hydrogen (secondary N) is 2. The number of halogens is 1. The van der Waals surface area contributed by atoms with Crippen molar-refractivity contribution in [1.82, 2.24) is 14.7 Å². The van der Waals surface area contributed by atoms with E-state index in [1.807, 2.05) is 0 Å². The fourth-order valence-corrected chi connectivity index (χ4v) is 3.97. The highest BCUT2D eigenvalue weighted by atomic mass is 79.9. The second kappa shape index (κ2) is 6.04. The molecule has 1 atom stereocenters. The first kappa shape index (κ1) is 15.2. The van der Waals surface area contributed by atoms with Crippen molar-refractivity contribution in [3.8, 4) is 0 Å². The van der Waals surface area contributed by atoms with E-state index in [0.29, 0.717) is 10.3 Å². The number of hydrogen-bond donors (Lipinski definition) is 3. The van der Waals surface area contributed by atoms with Gasteiger partial charge in [0.2, 0.25) is 10.0 Å². The van der Waals surface area contributed by atoms with Gasteiger partial charge in [0.05, 0.1) is 10.9 Å². The number of aromatic nitrogens is 2. The van der Waals surface area contributed by atoms with Crippen LogP contribution in [0.25, 0.3) is 0 Å². The maximum atomic E-state index is 12.4. The van der Waals surface area contributed by atoms with Crippen molar-refractivity contribution < 1.29 is 8.42 Å². The molecule has 2 rings (SSSR count). The SMILES string of the molecule is CC(NS(=O)(=O)c1cc(CN)ccc1Br)c1ncc[nH]1. The van der Waals surface area contributed by atoms with Gasteiger partial charge in [-0.15, -0.1) is 0 Å². The minimum atomic E-state index is -3.66. The largest absolute Gasteiger partial charge is 0.347 e. The van der Waals surface area contributed by atoms with Crippen LogP contribution in [0.4, 0.5) is 0 Å². The summed E-state index contributed by atoms with van der Waals surface area (Å²) in [6, 6.07) is 4.55. The van der Waals surface area contributed by atoms with E-state index in [9.17, 15) is 8.42 Å². The molecule has 108 valence electrons. The fraction of sp³-hybridized carbons (Fsp3) is 0.250. The summed E-state index contributed by atoms with van der Waals surface area (Å²) >= 11 is 3.25. The van der Waals surface area contributed by atoms with E-state index in [0.717, 1.165) is 5.56 Å². The second-order valence-corrected chi connectivity index (χ2v) is 6.82. The second-order valence-electron chi connectivity index (χ2n) is 4.29. The number of H-pyrrole nitrogens is 1. The average Bonchev–Trinajstić information content (AvgIpc) is 2.92. The van der Waals surface area contributed by atoms with E-state index >= 15 is 0 Å². The van der Waals surface area contributed by atoms with Gasteiger partial charge < -0.3 is 10.7 Å². The third-order valence-corrected chi connectivity index (χ3v) is 5.32. The van der Waals surface area contributed by atoms with Crippen LogP contribution < -0.4 is 10.5 Å². The molecule has 0 radical (unpaired) electrons. The maximum absolute atomic E-state index is 12.4. The lowest BCUT2D eigenvalue weighted by Crippen LogP contribution is -2.28. The number of benzene rings is 1.